The van der Waals surface area contributed by atoms with Gasteiger partial charge in [-0.3, -0.25) is 0 Å². The maximum Gasteiger partial charge on any atom is 0.118 e. The predicted molar refractivity (Wildman–Crippen MR) is 50.8 cm³/mol. The number of aromatic hydroxyl groups is 1. The Labute approximate surface area is 78.2 Å². The van der Waals surface area contributed by atoms with Crippen molar-refractivity contribution in [2.75, 3.05) is 0 Å². The fourth-order valence-corrected chi connectivity index (χ4v) is 1.50. The Balaban J connectivity index is 2.07. The third-order valence-corrected chi connectivity index (χ3v) is 2.56. The summed E-state index contributed by atoms with van der Waals surface area (Å²) in [7, 11) is 0. The molecule has 0 unspecified atom stereocenters. The van der Waals surface area contributed by atoms with E-state index in [1.165, 1.54) is 0 Å². The molecule has 1 fully saturated rings. The highest BCUT2D eigenvalue weighted by atomic mass is 16.6. The van der Waals surface area contributed by atoms with Crippen LogP contribution in [-0.2, 0) is 11.2 Å². The maximum absolute atomic E-state index is 9.50. The number of benzene rings is 1. The van der Waals surface area contributed by atoms with Crippen LogP contribution in [-0.4, -0.2) is 16.8 Å². The first-order valence-electron chi connectivity index (χ1n) is 4.54. The van der Waals surface area contributed by atoms with E-state index in [0.717, 1.165) is 12.0 Å². The Kier molecular flexibility index (Phi) is 1.81. The number of rotatable bonds is 2. The molecule has 1 N–H and O–H groups in total. The Morgan fingerprint density at radius 2 is 2.00 bits per heavy atom. The summed E-state index contributed by atoms with van der Waals surface area (Å²) < 4.78 is 5.45. The van der Waals surface area contributed by atoms with Gasteiger partial charge in [-0.25, -0.2) is 0 Å². The summed E-state index contributed by atoms with van der Waals surface area (Å²) in [5, 5.41) is 9.50. The number of epoxide rings is 1. The first-order valence-corrected chi connectivity index (χ1v) is 4.54. The van der Waals surface area contributed by atoms with E-state index in [2.05, 4.69) is 13.8 Å². The molecule has 13 heavy (non-hydrogen) atoms. The lowest BCUT2D eigenvalue weighted by molar-refractivity contribution is 0.322. The molecule has 0 aliphatic carbocycles. The zero-order chi connectivity index (χ0) is 9.47. The van der Waals surface area contributed by atoms with Gasteiger partial charge in [-0.2, -0.15) is 0 Å². The number of para-hydroxylation sites is 1. The first kappa shape index (κ1) is 8.57. The van der Waals surface area contributed by atoms with Crippen LogP contribution in [0.2, 0.25) is 0 Å². The smallest absolute Gasteiger partial charge is 0.118 e. The number of ether oxygens (including phenoxy) is 1. The molecule has 1 saturated heterocycles. The van der Waals surface area contributed by atoms with Gasteiger partial charge in [-0.15, -0.1) is 0 Å². The molecule has 1 heterocycles. The van der Waals surface area contributed by atoms with E-state index in [9.17, 15) is 5.11 Å². The fourth-order valence-electron chi connectivity index (χ4n) is 1.50. The van der Waals surface area contributed by atoms with Crippen molar-refractivity contribution in [3.63, 3.8) is 0 Å². The Hall–Kier alpha value is -1.02. The molecule has 0 radical (unpaired) electrons. The van der Waals surface area contributed by atoms with Crippen LogP contribution < -0.4 is 0 Å². The van der Waals surface area contributed by atoms with E-state index in [1.54, 1.807) is 6.07 Å². The predicted octanol–water partition coefficient (Wildman–Crippen LogP) is 2.11. The molecule has 1 aliphatic heterocycles. The summed E-state index contributed by atoms with van der Waals surface area (Å²) in [5.74, 6) is 0.369. The van der Waals surface area contributed by atoms with Crippen molar-refractivity contribution in [1.29, 1.82) is 0 Å². The minimum Gasteiger partial charge on any atom is -0.508 e. The Morgan fingerprint density at radius 1 is 1.38 bits per heavy atom. The van der Waals surface area contributed by atoms with Crippen molar-refractivity contribution in [3.05, 3.63) is 29.8 Å². The lowest BCUT2D eigenvalue weighted by atomic mass is 10.0. The summed E-state index contributed by atoms with van der Waals surface area (Å²) >= 11 is 0. The molecule has 1 atom stereocenters. The third-order valence-electron chi connectivity index (χ3n) is 2.56. The van der Waals surface area contributed by atoms with Gasteiger partial charge in [-0.05, 0) is 25.5 Å². The topological polar surface area (TPSA) is 32.8 Å². The lowest BCUT2D eigenvalue weighted by Gasteiger charge is -2.01. The van der Waals surface area contributed by atoms with E-state index in [-0.39, 0.29) is 11.7 Å². The highest BCUT2D eigenvalue weighted by molar-refractivity contribution is 5.33. The van der Waals surface area contributed by atoms with Crippen LogP contribution >= 0.6 is 0 Å². The van der Waals surface area contributed by atoms with Gasteiger partial charge in [-0.1, -0.05) is 18.2 Å². The SMILES string of the molecule is CC1(C)O[C@@H]1Cc1ccccc1O. The number of hydrogen-bond donors (Lipinski definition) is 1. The summed E-state index contributed by atoms with van der Waals surface area (Å²) in [4.78, 5) is 0. The number of phenols is 1. The highest BCUT2D eigenvalue weighted by Gasteiger charge is 2.47. The molecule has 2 heteroatoms. The van der Waals surface area contributed by atoms with Crippen LogP contribution in [0.5, 0.6) is 5.75 Å². The third kappa shape index (κ3) is 1.68. The van der Waals surface area contributed by atoms with Gasteiger partial charge in [0.15, 0.2) is 0 Å². The second-order valence-corrected chi connectivity index (χ2v) is 4.04. The van der Waals surface area contributed by atoms with Gasteiger partial charge in [0.25, 0.3) is 0 Å². The van der Waals surface area contributed by atoms with Crippen molar-refractivity contribution in [2.45, 2.75) is 32.0 Å². The molecular weight excluding hydrogens is 164 g/mol. The van der Waals surface area contributed by atoms with Crippen LogP contribution in [0.4, 0.5) is 0 Å². The van der Waals surface area contributed by atoms with Gasteiger partial charge in [0, 0.05) is 6.42 Å². The normalized spacial score (nSPS) is 24.3. The van der Waals surface area contributed by atoms with Crippen LogP contribution in [0.15, 0.2) is 24.3 Å². The van der Waals surface area contributed by atoms with Gasteiger partial charge in [0.05, 0.1) is 11.7 Å². The molecule has 0 amide bonds. The summed E-state index contributed by atoms with van der Waals surface area (Å²) in [6, 6.07) is 7.42. The van der Waals surface area contributed by atoms with Crippen molar-refractivity contribution < 1.29 is 9.84 Å². The van der Waals surface area contributed by atoms with Crippen LogP contribution in [0.3, 0.4) is 0 Å². The lowest BCUT2D eigenvalue weighted by Crippen LogP contribution is -2.05. The van der Waals surface area contributed by atoms with E-state index >= 15 is 0 Å². The average molecular weight is 178 g/mol. The summed E-state index contributed by atoms with van der Waals surface area (Å²) in [6.07, 6.45) is 1.07. The van der Waals surface area contributed by atoms with E-state index < -0.39 is 0 Å². The molecular formula is C11H14O2. The second kappa shape index (κ2) is 2.74. The van der Waals surface area contributed by atoms with Crippen LogP contribution in [0.1, 0.15) is 19.4 Å². The molecule has 1 aromatic carbocycles. The molecule has 0 spiro atoms. The molecule has 2 rings (SSSR count). The molecule has 0 saturated carbocycles. The zero-order valence-electron chi connectivity index (χ0n) is 7.95. The molecule has 1 aromatic rings. The van der Waals surface area contributed by atoms with Gasteiger partial charge >= 0.3 is 0 Å². The van der Waals surface area contributed by atoms with E-state index in [1.807, 2.05) is 18.2 Å². The molecule has 70 valence electrons. The minimum absolute atomic E-state index is 0.00226. The van der Waals surface area contributed by atoms with E-state index in [0.29, 0.717) is 5.75 Å². The van der Waals surface area contributed by atoms with Crippen molar-refractivity contribution >= 4 is 0 Å². The quantitative estimate of drug-likeness (QED) is 0.703. The van der Waals surface area contributed by atoms with Crippen molar-refractivity contribution in [2.24, 2.45) is 0 Å². The van der Waals surface area contributed by atoms with Crippen molar-refractivity contribution in [3.8, 4) is 5.75 Å². The average Bonchev–Trinajstić information content (AvgIpc) is 2.64. The van der Waals surface area contributed by atoms with E-state index in [4.69, 9.17) is 4.74 Å². The number of phenolic OH excluding ortho intramolecular Hbond substituents is 1. The van der Waals surface area contributed by atoms with Crippen molar-refractivity contribution in [1.82, 2.24) is 0 Å². The molecule has 0 bridgehead atoms. The van der Waals surface area contributed by atoms with Gasteiger partial charge in [0.2, 0.25) is 0 Å². The maximum atomic E-state index is 9.50. The van der Waals surface area contributed by atoms with Gasteiger partial charge in [0.1, 0.15) is 5.75 Å². The largest absolute Gasteiger partial charge is 0.508 e. The first-order chi connectivity index (χ1) is 6.09. The standard InChI is InChI=1S/C11H14O2/c1-11(2)10(13-11)7-8-5-3-4-6-9(8)12/h3-6,10,12H,7H2,1-2H3/t10-/m1/s1. The monoisotopic (exact) mass is 178 g/mol. The molecule has 1 aliphatic rings. The van der Waals surface area contributed by atoms with Crippen LogP contribution in [0, 0.1) is 0 Å². The Morgan fingerprint density at radius 3 is 2.54 bits per heavy atom. The Bertz CT molecular complexity index is 318. The zero-order valence-corrected chi connectivity index (χ0v) is 7.95. The minimum atomic E-state index is 0.00226. The fraction of sp³-hybridized carbons (Fsp3) is 0.455. The van der Waals surface area contributed by atoms with Gasteiger partial charge < -0.3 is 9.84 Å². The van der Waals surface area contributed by atoms with Crippen LogP contribution in [0.25, 0.3) is 0 Å². The summed E-state index contributed by atoms with van der Waals surface area (Å²) in [5.41, 5.74) is 0.973. The highest BCUT2D eigenvalue weighted by Crippen LogP contribution is 2.38. The summed E-state index contributed by atoms with van der Waals surface area (Å²) in [6.45, 7) is 4.13. The molecule has 0 aromatic heterocycles. The molecule has 2 nitrogen and oxygen atoms in total. The second-order valence-electron chi connectivity index (χ2n) is 4.04. The number of hydrogen-bond acceptors (Lipinski definition) is 2.